The Bertz CT molecular complexity index is 554. The van der Waals surface area contributed by atoms with Crippen molar-refractivity contribution >= 4 is 27.5 Å². The van der Waals surface area contributed by atoms with Crippen LogP contribution in [0.25, 0.3) is 10.2 Å². The van der Waals surface area contributed by atoms with E-state index in [4.69, 9.17) is 0 Å². The highest BCUT2D eigenvalue weighted by Gasteiger charge is 2.42. The van der Waals surface area contributed by atoms with Crippen molar-refractivity contribution in [2.45, 2.75) is 32.1 Å². The highest BCUT2D eigenvalue weighted by Crippen LogP contribution is 2.42. The van der Waals surface area contributed by atoms with Gasteiger partial charge in [0.25, 0.3) is 0 Å². The number of hydrogen-bond donors (Lipinski definition) is 1. The molecule has 1 fully saturated rings. The number of aliphatic carboxylic acids is 1. The normalized spacial score (nSPS) is 18.2. The van der Waals surface area contributed by atoms with Crippen LogP contribution in [-0.4, -0.2) is 21.0 Å². The number of pyridine rings is 1. The van der Waals surface area contributed by atoms with Gasteiger partial charge in [0.05, 0.1) is 26.8 Å². The van der Waals surface area contributed by atoms with Crippen molar-refractivity contribution in [3.63, 3.8) is 0 Å². The fraction of sp³-hybridized carbons (Fsp3) is 0.462. The minimum Gasteiger partial charge on any atom is -0.481 e. The second-order valence-corrected chi connectivity index (χ2v) is 6.04. The van der Waals surface area contributed by atoms with Crippen LogP contribution < -0.4 is 0 Å². The van der Waals surface area contributed by atoms with Crippen molar-refractivity contribution in [2.75, 3.05) is 0 Å². The van der Waals surface area contributed by atoms with Gasteiger partial charge in [-0.3, -0.25) is 9.78 Å². The summed E-state index contributed by atoms with van der Waals surface area (Å²) in [7, 11) is 0. The molecule has 1 aliphatic carbocycles. The van der Waals surface area contributed by atoms with Gasteiger partial charge in [0.1, 0.15) is 0 Å². The van der Waals surface area contributed by atoms with Gasteiger partial charge < -0.3 is 5.11 Å². The maximum absolute atomic E-state index is 11.5. The van der Waals surface area contributed by atoms with Crippen LogP contribution in [0.15, 0.2) is 18.5 Å². The topological polar surface area (TPSA) is 63.1 Å². The number of hydrogen-bond acceptors (Lipinski definition) is 4. The second-order valence-electron chi connectivity index (χ2n) is 4.92. The van der Waals surface area contributed by atoms with Gasteiger partial charge in [-0.25, -0.2) is 4.98 Å². The molecule has 0 amide bonds. The lowest BCUT2D eigenvalue weighted by Gasteiger charge is -2.21. The predicted octanol–water partition coefficient (Wildman–Crippen LogP) is 2.88. The molecular weight excluding hydrogens is 248 g/mol. The summed E-state index contributed by atoms with van der Waals surface area (Å²) in [6, 6.07) is 1.93. The van der Waals surface area contributed by atoms with Crippen molar-refractivity contribution in [1.29, 1.82) is 0 Å². The molecule has 0 bridgehead atoms. The van der Waals surface area contributed by atoms with Crippen molar-refractivity contribution in [1.82, 2.24) is 9.97 Å². The molecule has 94 valence electrons. The summed E-state index contributed by atoms with van der Waals surface area (Å²) >= 11 is 1.59. The monoisotopic (exact) mass is 262 g/mol. The van der Waals surface area contributed by atoms with Crippen LogP contribution in [0, 0.1) is 5.41 Å². The summed E-state index contributed by atoms with van der Waals surface area (Å²) in [5.41, 5.74) is 0.289. The van der Waals surface area contributed by atoms with E-state index in [0.29, 0.717) is 6.42 Å². The lowest BCUT2D eigenvalue weighted by Crippen LogP contribution is -2.30. The number of aromatic nitrogens is 2. The first-order valence-electron chi connectivity index (χ1n) is 6.12. The third-order valence-electron chi connectivity index (χ3n) is 3.74. The zero-order valence-corrected chi connectivity index (χ0v) is 10.7. The third-order valence-corrected chi connectivity index (χ3v) is 4.77. The summed E-state index contributed by atoms with van der Waals surface area (Å²) in [6.45, 7) is 0. The molecule has 18 heavy (non-hydrogen) atoms. The fourth-order valence-corrected chi connectivity index (χ4v) is 3.79. The smallest absolute Gasteiger partial charge is 0.310 e. The highest BCUT2D eigenvalue weighted by atomic mass is 32.1. The molecule has 0 spiro atoms. The molecule has 1 aliphatic rings. The molecule has 0 radical (unpaired) electrons. The Balaban J connectivity index is 1.93. The van der Waals surface area contributed by atoms with E-state index in [0.717, 1.165) is 40.9 Å². The van der Waals surface area contributed by atoms with Crippen molar-refractivity contribution in [3.8, 4) is 0 Å². The number of carbonyl (C=O) groups is 1. The molecule has 4 nitrogen and oxygen atoms in total. The average molecular weight is 262 g/mol. The van der Waals surface area contributed by atoms with Gasteiger partial charge in [-0.15, -0.1) is 11.3 Å². The summed E-state index contributed by atoms with van der Waals surface area (Å²) < 4.78 is 1.08. The molecular formula is C13H14N2O2S. The molecule has 2 aromatic rings. The van der Waals surface area contributed by atoms with Crippen LogP contribution in [0.3, 0.4) is 0 Å². The quantitative estimate of drug-likeness (QED) is 0.923. The summed E-state index contributed by atoms with van der Waals surface area (Å²) in [4.78, 5) is 20.0. The molecule has 0 unspecified atom stereocenters. The molecule has 0 saturated heterocycles. The van der Waals surface area contributed by atoms with Crippen molar-refractivity contribution < 1.29 is 9.90 Å². The van der Waals surface area contributed by atoms with Gasteiger partial charge in [-0.1, -0.05) is 12.8 Å². The maximum Gasteiger partial charge on any atom is 0.310 e. The zero-order chi connectivity index (χ0) is 12.6. The summed E-state index contributed by atoms with van der Waals surface area (Å²) in [5, 5.41) is 10.4. The number of thiazole rings is 1. The van der Waals surface area contributed by atoms with Gasteiger partial charge in [-0.2, -0.15) is 0 Å². The molecule has 0 aromatic carbocycles. The third kappa shape index (κ3) is 1.88. The van der Waals surface area contributed by atoms with Crippen LogP contribution in [0.4, 0.5) is 0 Å². The van der Waals surface area contributed by atoms with Gasteiger partial charge in [-0.05, 0) is 18.9 Å². The van der Waals surface area contributed by atoms with Gasteiger partial charge in [0.2, 0.25) is 0 Å². The van der Waals surface area contributed by atoms with Crippen molar-refractivity contribution in [3.05, 3.63) is 23.5 Å². The molecule has 2 heterocycles. The predicted molar refractivity (Wildman–Crippen MR) is 69.7 cm³/mol. The van der Waals surface area contributed by atoms with Crippen LogP contribution in [0.2, 0.25) is 0 Å². The van der Waals surface area contributed by atoms with E-state index in [2.05, 4.69) is 9.97 Å². The minimum atomic E-state index is -0.669. The number of nitrogens with zero attached hydrogens (tertiary/aromatic N) is 2. The largest absolute Gasteiger partial charge is 0.481 e. The van der Waals surface area contributed by atoms with E-state index >= 15 is 0 Å². The number of carboxylic acid groups (broad SMARTS) is 1. The van der Waals surface area contributed by atoms with E-state index in [9.17, 15) is 9.90 Å². The van der Waals surface area contributed by atoms with Gasteiger partial charge in [0.15, 0.2) is 0 Å². The second kappa shape index (κ2) is 4.31. The summed E-state index contributed by atoms with van der Waals surface area (Å²) in [5.74, 6) is -0.669. The summed E-state index contributed by atoms with van der Waals surface area (Å²) in [6.07, 6.45) is 7.61. The van der Waals surface area contributed by atoms with E-state index < -0.39 is 11.4 Å². The Kier molecular flexibility index (Phi) is 2.78. The Morgan fingerprint density at radius 2 is 2.22 bits per heavy atom. The Morgan fingerprint density at radius 3 is 2.89 bits per heavy atom. The molecule has 2 aromatic heterocycles. The van der Waals surface area contributed by atoms with E-state index in [1.54, 1.807) is 23.7 Å². The number of rotatable bonds is 3. The van der Waals surface area contributed by atoms with Crippen LogP contribution in [0.5, 0.6) is 0 Å². The molecule has 1 N–H and O–H groups in total. The zero-order valence-electron chi connectivity index (χ0n) is 9.93. The van der Waals surface area contributed by atoms with Gasteiger partial charge >= 0.3 is 5.97 Å². The van der Waals surface area contributed by atoms with Crippen LogP contribution in [-0.2, 0) is 11.2 Å². The van der Waals surface area contributed by atoms with E-state index in [1.165, 1.54) is 0 Å². The van der Waals surface area contributed by atoms with E-state index in [-0.39, 0.29) is 0 Å². The molecule has 0 aliphatic heterocycles. The first-order chi connectivity index (χ1) is 8.70. The van der Waals surface area contributed by atoms with Crippen molar-refractivity contribution in [2.24, 2.45) is 5.41 Å². The lowest BCUT2D eigenvalue weighted by atomic mass is 9.83. The number of fused-ring (bicyclic) bond motifs is 1. The SMILES string of the molecule is O=C(O)C1(Cc2nc3cnccc3s2)CCCC1. The standard InChI is InChI=1S/C13H14N2O2S/c16-12(17)13(4-1-2-5-13)7-11-15-9-8-14-6-3-10(9)18-11/h3,6,8H,1-2,4-5,7H2,(H,16,17). The Labute approximate surface area is 109 Å². The number of carboxylic acids is 1. The molecule has 5 heteroatoms. The molecule has 0 atom stereocenters. The Hall–Kier alpha value is -1.49. The van der Waals surface area contributed by atoms with E-state index in [1.807, 2.05) is 6.07 Å². The molecule has 1 saturated carbocycles. The molecule has 3 rings (SSSR count). The van der Waals surface area contributed by atoms with Crippen LogP contribution in [0.1, 0.15) is 30.7 Å². The first kappa shape index (κ1) is 11.6. The average Bonchev–Trinajstić information content (AvgIpc) is 2.95. The van der Waals surface area contributed by atoms with Crippen LogP contribution >= 0.6 is 11.3 Å². The maximum atomic E-state index is 11.5. The highest BCUT2D eigenvalue weighted by molar-refractivity contribution is 7.18. The minimum absolute atomic E-state index is 0.557. The Morgan fingerprint density at radius 1 is 1.44 bits per heavy atom. The lowest BCUT2D eigenvalue weighted by molar-refractivity contribution is -0.148. The fourth-order valence-electron chi connectivity index (χ4n) is 2.71. The first-order valence-corrected chi connectivity index (χ1v) is 6.94. The van der Waals surface area contributed by atoms with Gasteiger partial charge in [0, 0.05) is 12.6 Å².